The third-order valence-electron chi connectivity index (χ3n) is 3.23. The molecule has 1 aliphatic rings. The summed E-state index contributed by atoms with van der Waals surface area (Å²) in [5.41, 5.74) is 0.00546. The number of hydrogen-bond acceptors (Lipinski definition) is 4. The number of para-hydroxylation sites is 2. The minimum absolute atomic E-state index is 0.126. The lowest BCUT2D eigenvalue weighted by molar-refractivity contribution is -0.127. The molecule has 2 amide bonds. The van der Waals surface area contributed by atoms with Gasteiger partial charge in [0.15, 0.2) is 6.10 Å². The van der Waals surface area contributed by atoms with Gasteiger partial charge in [-0.3, -0.25) is 9.69 Å². The first-order valence-corrected chi connectivity index (χ1v) is 7.85. The summed E-state index contributed by atoms with van der Waals surface area (Å²) in [4.78, 5) is 26.1. The number of nitrogens with zero attached hydrogens (tertiary/aromatic N) is 1. The molecular weight excluding hydrogens is 296 g/mol. The number of carbonyl (C=O) groups excluding carboxylic acids is 2. The zero-order chi connectivity index (χ0) is 17.0. The maximum absolute atomic E-state index is 12.5. The van der Waals surface area contributed by atoms with Gasteiger partial charge in [0, 0.05) is 6.54 Å². The number of amides is 2. The lowest BCUT2D eigenvalue weighted by Crippen LogP contribution is -2.51. The van der Waals surface area contributed by atoms with Crippen molar-refractivity contribution in [3.8, 4) is 5.75 Å². The Morgan fingerprint density at radius 3 is 2.70 bits per heavy atom. The van der Waals surface area contributed by atoms with Gasteiger partial charge in [0.1, 0.15) is 11.4 Å². The Labute approximate surface area is 136 Å². The second kappa shape index (κ2) is 6.89. The number of ether oxygens (including phenoxy) is 2. The number of benzene rings is 1. The van der Waals surface area contributed by atoms with Crippen molar-refractivity contribution >= 4 is 17.7 Å². The van der Waals surface area contributed by atoms with Gasteiger partial charge < -0.3 is 14.8 Å². The van der Waals surface area contributed by atoms with E-state index in [1.807, 2.05) is 33.8 Å². The monoisotopic (exact) mass is 320 g/mol. The first kappa shape index (κ1) is 17.1. The molecular formula is C17H24N2O4. The molecule has 1 unspecified atom stereocenters. The summed E-state index contributed by atoms with van der Waals surface area (Å²) in [5, 5.41) is 2.80. The molecule has 2 rings (SSSR count). The normalized spacial score (nSPS) is 17.0. The minimum Gasteiger partial charge on any atom is -0.477 e. The molecule has 0 spiro atoms. The van der Waals surface area contributed by atoms with Crippen molar-refractivity contribution < 1.29 is 19.1 Å². The molecule has 0 aliphatic carbocycles. The van der Waals surface area contributed by atoms with Crippen LogP contribution in [0.1, 0.15) is 34.1 Å². The zero-order valence-corrected chi connectivity index (χ0v) is 14.1. The van der Waals surface area contributed by atoms with E-state index in [2.05, 4.69) is 5.32 Å². The number of anilines is 1. The van der Waals surface area contributed by atoms with Crippen molar-refractivity contribution in [2.45, 2.75) is 45.8 Å². The van der Waals surface area contributed by atoms with Crippen molar-refractivity contribution in [1.82, 2.24) is 5.32 Å². The predicted molar refractivity (Wildman–Crippen MR) is 87.7 cm³/mol. The maximum atomic E-state index is 12.5. The number of fused-ring (bicyclic) bond motifs is 1. The van der Waals surface area contributed by atoms with Gasteiger partial charge in [0.25, 0.3) is 5.91 Å². The van der Waals surface area contributed by atoms with E-state index in [0.717, 1.165) is 6.42 Å². The van der Waals surface area contributed by atoms with Crippen molar-refractivity contribution in [1.29, 1.82) is 0 Å². The summed E-state index contributed by atoms with van der Waals surface area (Å²) < 4.78 is 11.2. The Hall–Kier alpha value is -2.24. The highest BCUT2D eigenvalue weighted by Gasteiger charge is 2.35. The highest BCUT2D eigenvalue weighted by molar-refractivity contribution is 5.93. The van der Waals surface area contributed by atoms with Gasteiger partial charge in [-0.1, -0.05) is 19.1 Å². The highest BCUT2D eigenvalue weighted by atomic mass is 16.6. The fourth-order valence-electron chi connectivity index (χ4n) is 2.22. The van der Waals surface area contributed by atoms with Crippen LogP contribution in [-0.2, 0) is 9.53 Å². The Morgan fingerprint density at radius 2 is 2.04 bits per heavy atom. The quantitative estimate of drug-likeness (QED) is 0.930. The predicted octanol–water partition coefficient (Wildman–Crippen LogP) is 2.72. The van der Waals surface area contributed by atoms with E-state index in [1.54, 1.807) is 18.2 Å². The molecule has 0 saturated heterocycles. The zero-order valence-electron chi connectivity index (χ0n) is 14.1. The molecule has 1 aromatic carbocycles. The number of rotatable bonds is 3. The summed E-state index contributed by atoms with van der Waals surface area (Å²) in [6.07, 6.45) is -0.393. The van der Waals surface area contributed by atoms with Gasteiger partial charge >= 0.3 is 6.09 Å². The molecule has 0 radical (unpaired) electrons. The van der Waals surface area contributed by atoms with Gasteiger partial charge in [-0.15, -0.1) is 0 Å². The molecule has 1 aromatic rings. The van der Waals surface area contributed by atoms with Crippen LogP contribution in [0.5, 0.6) is 5.75 Å². The Balaban J connectivity index is 2.22. The van der Waals surface area contributed by atoms with Crippen LogP contribution >= 0.6 is 0 Å². The fourth-order valence-corrected chi connectivity index (χ4v) is 2.22. The average Bonchev–Trinajstić information content (AvgIpc) is 2.49. The summed E-state index contributed by atoms with van der Waals surface area (Å²) in [6, 6.07) is 7.14. The van der Waals surface area contributed by atoms with Crippen LogP contribution in [-0.4, -0.2) is 36.8 Å². The average molecular weight is 320 g/mol. The summed E-state index contributed by atoms with van der Waals surface area (Å²) in [5.74, 6) is 0.274. The number of hydrogen-bond donors (Lipinski definition) is 1. The Bertz CT molecular complexity index is 580. The summed E-state index contributed by atoms with van der Waals surface area (Å²) >= 11 is 0. The van der Waals surface area contributed by atoms with Crippen LogP contribution in [0.15, 0.2) is 24.3 Å². The van der Waals surface area contributed by atoms with E-state index >= 15 is 0 Å². The SMILES string of the molecule is CCCNC(=O)C1CN(C(=O)OC(C)(C)C)c2ccccc2O1. The van der Waals surface area contributed by atoms with Crippen molar-refractivity contribution in [3.05, 3.63) is 24.3 Å². The standard InChI is InChI=1S/C17H24N2O4/c1-5-10-18-15(20)14-11-19(16(21)23-17(2,3)4)12-8-6-7-9-13(12)22-14/h6-9,14H,5,10-11H2,1-4H3,(H,18,20). The van der Waals surface area contributed by atoms with E-state index < -0.39 is 17.8 Å². The maximum Gasteiger partial charge on any atom is 0.415 e. The molecule has 0 bridgehead atoms. The third-order valence-corrected chi connectivity index (χ3v) is 3.23. The van der Waals surface area contributed by atoms with Gasteiger partial charge in [0.2, 0.25) is 0 Å². The minimum atomic E-state index is -0.746. The van der Waals surface area contributed by atoms with Crippen LogP contribution in [0, 0.1) is 0 Å². The van der Waals surface area contributed by atoms with Crippen molar-refractivity contribution in [2.75, 3.05) is 18.0 Å². The van der Waals surface area contributed by atoms with Gasteiger partial charge in [-0.25, -0.2) is 4.79 Å². The highest BCUT2D eigenvalue weighted by Crippen LogP contribution is 2.34. The van der Waals surface area contributed by atoms with Crippen LogP contribution < -0.4 is 15.0 Å². The largest absolute Gasteiger partial charge is 0.477 e. The molecule has 1 aliphatic heterocycles. The molecule has 0 fully saturated rings. The lowest BCUT2D eigenvalue weighted by Gasteiger charge is -2.35. The van der Waals surface area contributed by atoms with E-state index in [0.29, 0.717) is 18.0 Å². The van der Waals surface area contributed by atoms with Gasteiger partial charge in [-0.2, -0.15) is 0 Å². The van der Waals surface area contributed by atoms with Gasteiger partial charge in [-0.05, 0) is 39.3 Å². The second-order valence-electron chi connectivity index (χ2n) is 6.46. The number of carbonyl (C=O) groups is 2. The molecule has 0 aromatic heterocycles. The lowest BCUT2D eigenvalue weighted by atomic mass is 10.1. The summed E-state index contributed by atoms with van der Waals surface area (Å²) in [7, 11) is 0. The third kappa shape index (κ3) is 4.37. The topological polar surface area (TPSA) is 67.9 Å². The molecule has 0 saturated carbocycles. The summed E-state index contributed by atoms with van der Waals surface area (Å²) in [6.45, 7) is 8.10. The van der Waals surface area contributed by atoms with Crippen LogP contribution in [0.2, 0.25) is 0 Å². The molecule has 126 valence electrons. The second-order valence-corrected chi connectivity index (χ2v) is 6.46. The number of nitrogens with one attached hydrogen (secondary N) is 1. The fraction of sp³-hybridized carbons (Fsp3) is 0.529. The first-order valence-electron chi connectivity index (χ1n) is 7.85. The van der Waals surface area contributed by atoms with Crippen LogP contribution in [0.3, 0.4) is 0 Å². The van der Waals surface area contributed by atoms with E-state index in [1.165, 1.54) is 4.90 Å². The molecule has 1 atom stereocenters. The molecule has 6 nitrogen and oxygen atoms in total. The van der Waals surface area contributed by atoms with E-state index in [9.17, 15) is 9.59 Å². The van der Waals surface area contributed by atoms with Crippen molar-refractivity contribution in [2.24, 2.45) is 0 Å². The smallest absolute Gasteiger partial charge is 0.415 e. The van der Waals surface area contributed by atoms with Crippen LogP contribution in [0.4, 0.5) is 10.5 Å². The first-order chi connectivity index (χ1) is 10.8. The van der Waals surface area contributed by atoms with Gasteiger partial charge in [0.05, 0.1) is 12.2 Å². The molecule has 1 heterocycles. The Kier molecular flexibility index (Phi) is 5.13. The molecule has 6 heteroatoms. The van der Waals surface area contributed by atoms with Crippen LogP contribution in [0.25, 0.3) is 0 Å². The molecule has 23 heavy (non-hydrogen) atoms. The van der Waals surface area contributed by atoms with E-state index in [-0.39, 0.29) is 12.5 Å². The van der Waals surface area contributed by atoms with E-state index in [4.69, 9.17) is 9.47 Å². The molecule has 1 N–H and O–H groups in total. The van der Waals surface area contributed by atoms with Crippen molar-refractivity contribution in [3.63, 3.8) is 0 Å². The Morgan fingerprint density at radius 1 is 1.35 bits per heavy atom.